The van der Waals surface area contributed by atoms with Crippen molar-refractivity contribution < 1.29 is 19.4 Å². The average Bonchev–Trinajstić information content (AvgIpc) is 2.98. The second-order valence-electron chi connectivity index (χ2n) is 5.81. The zero-order valence-electron chi connectivity index (χ0n) is 10.0. The molecule has 4 heteroatoms. The molecule has 0 radical (unpaired) electrons. The van der Waals surface area contributed by atoms with Gasteiger partial charge in [-0.05, 0) is 49.9 Å². The molecule has 0 aromatic rings. The van der Waals surface area contributed by atoms with Gasteiger partial charge in [-0.25, -0.2) is 0 Å². The highest BCUT2D eigenvalue weighted by Gasteiger charge is 2.68. The zero-order chi connectivity index (χ0) is 12.2. The van der Waals surface area contributed by atoms with Crippen LogP contribution in [0.5, 0.6) is 0 Å². The average molecular weight is 238 g/mol. The van der Waals surface area contributed by atoms with Crippen molar-refractivity contribution in [1.82, 2.24) is 0 Å². The van der Waals surface area contributed by atoms with Crippen LogP contribution in [-0.2, 0) is 14.3 Å². The van der Waals surface area contributed by atoms with Gasteiger partial charge in [-0.3, -0.25) is 9.59 Å². The molecule has 0 amide bonds. The first kappa shape index (κ1) is 11.1. The summed E-state index contributed by atoms with van der Waals surface area (Å²) >= 11 is 0. The first-order chi connectivity index (χ1) is 8.11. The lowest BCUT2D eigenvalue weighted by Crippen LogP contribution is -2.42. The Kier molecular flexibility index (Phi) is 2.25. The third kappa shape index (κ3) is 1.19. The van der Waals surface area contributed by atoms with Crippen molar-refractivity contribution in [2.24, 2.45) is 29.1 Å². The van der Waals surface area contributed by atoms with Crippen LogP contribution in [0.15, 0.2) is 0 Å². The van der Waals surface area contributed by atoms with E-state index in [0.29, 0.717) is 24.7 Å². The molecule has 0 aromatic carbocycles. The Morgan fingerprint density at radius 3 is 2.71 bits per heavy atom. The van der Waals surface area contributed by atoms with Crippen LogP contribution in [0.3, 0.4) is 0 Å². The van der Waals surface area contributed by atoms with E-state index >= 15 is 0 Å². The van der Waals surface area contributed by atoms with Crippen molar-refractivity contribution in [3.05, 3.63) is 0 Å². The first-order valence-corrected chi connectivity index (χ1v) is 6.42. The second-order valence-corrected chi connectivity index (χ2v) is 5.81. The van der Waals surface area contributed by atoms with Crippen LogP contribution in [0.4, 0.5) is 0 Å². The van der Waals surface area contributed by atoms with Gasteiger partial charge >= 0.3 is 11.9 Å². The largest absolute Gasteiger partial charge is 0.481 e. The van der Waals surface area contributed by atoms with Crippen LogP contribution in [0.2, 0.25) is 0 Å². The molecule has 2 bridgehead atoms. The molecule has 0 aliphatic heterocycles. The number of esters is 1. The number of methoxy groups -OCH3 is 1. The molecule has 5 atom stereocenters. The molecule has 3 rings (SSSR count). The summed E-state index contributed by atoms with van der Waals surface area (Å²) in [4.78, 5) is 23.5. The lowest BCUT2D eigenvalue weighted by molar-refractivity contribution is -0.158. The van der Waals surface area contributed by atoms with Gasteiger partial charge < -0.3 is 9.84 Å². The molecule has 3 aliphatic carbocycles. The van der Waals surface area contributed by atoms with Crippen LogP contribution in [0.1, 0.15) is 32.1 Å². The van der Waals surface area contributed by atoms with Gasteiger partial charge in [0.25, 0.3) is 0 Å². The zero-order valence-corrected chi connectivity index (χ0v) is 10.0. The number of ether oxygens (including phenoxy) is 1. The van der Waals surface area contributed by atoms with E-state index in [-0.39, 0.29) is 17.8 Å². The Morgan fingerprint density at radius 1 is 1.29 bits per heavy atom. The summed E-state index contributed by atoms with van der Waals surface area (Å²) in [5.41, 5.74) is -0.609. The Labute approximate surface area is 100 Å². The van der Waals surface area contributed by atoms with E-state index in [1.54, 1.807) is 0 Å². The number of carbonyl (C=O) groups is 2. The van der Waals surface area contributed by atoms with Gasteiger partial charge in [-0.2, -0.15) is 0 Å². The number of hydrogen-bond acceptors (Lipinski definition) is 3. The summed E-state index contributed by atoms with van der Waals surface area (Å²) in [5, 5.41) is 9.62. The minimum Gasteiger partial charge on any atom is -0.481 e. The molecule has 5 unspecified atom stereocenters. The highest BCUT2D eigenvalue weighted by atomic mass is 16.5. The van der Waals surface area contributed by atoms with Crippen LogP contribution >= 0.6 is 0 Å². The predicted octanol–water partition coefficient (Wildman–Crippen LogP) is 1.69. The van der Waals surface area contributed by atoms with Gasteiger partial charge in [-0.15, -0.1) is 0 Å². The quantitative estimate of drug-likeness (QED) is 0.743. The lowest BCUT2D eigenvalue weighted by atomic mass is 9.66. The Balaban J connectivity index is 1.98. The number of aliphatic carboxylic acids is 1. The van der Waals surface area contributed by atoms with Crippen molar-refractivity contribution in [2.45, 2.75) is 32.1 Å². The molecule has 0 aromatic heterocycles. The van der Waals surface area contributed by atoms with Gasteiger partial charge in [0.05, 0.1) is 18.4 Å². The number of fused-ring (bicyclic) bond motifs is 5. The van der Waals surface area contributed by atoms with Gasteiger partial charge in [-0.1, -0.05) is 0 Å². The highest BCUT2D eigenvalue weighted by Crippen LogP contribution is 2.68. The fraction of sp³-hybridized carbons (Fsp3) is 0.846. The van der Waals surface area contributed by atoms with Crippen molar-refractivity contribution in [3.8, 4) is 0 Å². The van der Waals surface area contributed by atoms with Crippen LogP contribution in [0.25, 0.3) is 0 Å². The molecule has 3 aliphatic rings. The second kappa shape index (κ2) is 3.47. The van der Waals surface area contributed by atoms with E-state index in [9.17, 15) is 14.7 Å². The number of carboxylic acid groups (broad SMARTS) is 1. The normalized spacial score (nSPS) is 46.9. The van der Waals surface area contributed by atoms with Gasteiger partial charge in [0.15, 0.2) is 0 Å². The van der Waals surface area contributed by atoms with Crippen molar-refractivity contribution >= 4 is 11.9 Å². The molecule has 3 saturated carbocycles. The summed E-state index contributed by atoms with van der Waals surface area (Å²) in [6.45, 7) is 0. The van der Waals surface area contributed by atoms with E-state index in [1.165, 1.54) is 7.11 Å². The third-order valence-electron chi connectivity index (χ3n) is 5.51. The number of hydrogen-bond donors (Lipinski definition) is 1. The Morgan fingerprint density at radius 2 is 2.06 bits per heavy atom. The Hall–Kier alpha value is -1.06. The highest BCUT2D eigenvalue weighted by molar-refractivity contribution is 5.81. The maximum absolute atomic E-state index is 11.8. The van der Waals surface area contributed by atoms with E-state index < -0.39 is 11.4 Å². The lowest BCUT2D eigenvalue weighted by Gasteiger charge is -2.36. The molecule has 1 N–H and O–H groups in total. The smallest absolute Gasteiger partial charge is 0.310 e. The number of carbonyl (C=O) groups excluding carboxylic acids is 1. The fourth-order valence-corrected chi connectivity index (χ4v) is 4.98. The van der Waals surface area contributed by atoms with Crippen molar-refractivity contribution in [1.29, 1.82) is 0 Å². The first-order valence-electron chi connectivity index (χ1n) is 6.42. The monoisotopic (exact) mass is 238 g/mol. The predicted molar refractivity (Wildman–Crippen MR) is 59.1 cm³/mol. The molecule has 3 fully saturated rings. The molecule has 17 heavy (non-hydrogen) atoms. The van der Waals surface area contributed by atoms with E-state index in [0.717, 1.165) is 19.3 Å². The van der Waals surface area contributed by atoms with Crippen molar-refractivity contribution in [2.75, 3.05) is 7.11 Å². The van der Waals surface area contributed by atoms with E-state index in [4.69, 9.17) is 4.74 Å². The standard InChI is InChI=1S/C13H18O4/c1-17-11(14)9-4-5-13(12(15)16)8-3-2-7(6-8)10(9)13/h7-10H,2-6H2,1H3,(H,15,16). The van der Waals surface area contributed by atoms with Crippen LogP contribution in [0, 0.1) is 29.1 Å². The molecular weight excluding hydrogens is 220 g/mol. The maximum atomic E-state index is 11.8. The van der Waals surface area contributed by atoms with Gasteiger partial charge in [0.1, 0.15) is 0 Å². The van der Waals surface area contributed by atoms with Crippen LogP contribution in [-0.4, -0.2) is 24.2 Å². The van der Waals surface area contributed by atoms with Crippen LogP contribution < -0.4 is 0 Å². The molecule has 94 valence electrons. The number of rotatable bonds is 2. The summed E-state index contributed by atoms with van der Waals surface area (Å²) in [6, 6.07) is 0. The third-order valence-corrected chi connectivity index (χ3v) is 5.51. The van der Waals surface area contributed by atoms with Crippen molar-refractivity contribution in [3.63, 3.8) is 0 Å². The molecular formula is C13H18O4. The molecule has 0 saturated heterocycles. The summed E-state index contributed by atoms with van der Waals surface area (Å²) in [5.74, 6) is -0.295. The van der Waals surface area contributed by atoms with Gasteiger partial charge in [0, 0.05) is 0 Å². The Bertz CT molecular complexity index is 378. The number of carboxylic acids is 1. The topological polar surface area (TPSA) is 63.6 Å². The molecule has 0 heterocycles. The van der Waals surface area contributed by atoms with E-state index in [1.807, 2.05) is 0 Å². The molecule has 0 spiro atoms. The summed E-state index contributed by atoms with van der Waals surface area (Å²) in [7, 11) is 1.40. The molecule has 4 nitrogen and oxygen atoms in total. The summed E-state index contributed by atoms with van der Waals surface area (Å²) in [6.07, 6.45) is 4.48. The minimum atomic E-state index is -0.680. The maximum Gasteiger partial charge on any atom is 0.310 e. The SMILES string of the molecule is COC(=O)C1CCC2(C(=O)O)C3CCC(C3)C12. The summed E-state index contributed by atoms with van der Waals surface area (Å²) < 4.78 is 4.84. The fourth-order valence-electron chi connectivity index (χ4n) is 4.98. The minimum absolute atomic E-state index is 0.0335. The van der Waals surface area contributed by atoms with Gasteiger partial charge in [0.2, 0.25) is 0 Å². The van der Waals surface area contributed by atoms with E-state index in [2.05, 4.69) is 0 Å².